The van der Waals surface area contributed by atoms with E-state index in [0.717, 1.165) is 24.0 Å². The minimum atomic E-state index is -0.454. The van der Waals surface area contributed by atoms with Crippen molar-refractivity contribution in [1.82, 2.24) is 30.1 Å². The van der Waals surface area contributed by atoms with Gasteiger partial charge in [-0.05, 0) is 48.7 Å². The zero-order valence-electron chi connectivity index (χ0n) is 19.8. The van der Waals surface area contributed by atoms with Crippen LogP contribution in [-0.2, 0) is 4.79 Å². The number of rotatable bonds is 5. The van der Waals surface area contributed by atoms with Crippen molar-refractivity contribution in [3.8, 4) is 33.8 Å². The van der Waals surface area contributed by atoms with Crippen molar-refractivity contribution in [3.63, 3.8) is 0 Å². The minimum Gasteiger partial charge on any atom is -0.335 e. The molecule has 2 aromatic carbocycles. The molecule has 0 radical (unpaired) electrons. The number of carbonyl (C=O) groups excluding carboxylic acids is 1. The van der Waals surface area contributed by atoms with Gasteiger partial charge in [-0.3, -0.25) is 14.9 Å². The maximum Gasteiger partial charge on any atom is 0.227 e. The third-order valence-corrected chi connectivity index (χ3v) is 6.69. The van der Waals surface area contributed by atoms with Crippen molar-refractivity contribution in [3.05, 3.63) is 78.8 Å². The maximum atomic E-state index is 15.2. The Balaban J connectivity index is 1.30. The van der Waals surface area contributed by atoms with Crippen LogP contribution in [0, 0.1) is 17.6 Å². The lowest BCUT2D eigenvalue weighted by Gasteiger charge is -2.08. The molecule has 7 rings (SSSR count). The molecule has 0 atom stereocenters. The summed E-state index contributed by atoms with van der Waals surface area (Å²) in [4.78, 5) is 28.7. The fraction of sp³-hybridized carbons (Fsp3) is 0.107. The Hall–Kier alpha value is -4.99. The monoisotopic (exact) mass is 507 g/mol. The molecule has 6 aromatic rings. The van der Waals surface area contributed by atoms with Gasteiger partial charge in [0, 0.05) is 46.5 Å². The van der Waals surface area contributed by atoms with E-state index in [9.17, 15) is 9.18 Å². The standard InChI is InChI=1S/C28H19F2N7O/c29-17-5-3-14(4-6-17)19-7-8-32-26-24(19)34-27(35-26)25-21-10-20(22(30)11-23(21)36-37-25)16-9-18(13-31-12-16)33-28(38)15-1-2-15/h3-13,15H,1-2H2,(H,33,38)(H,36,37)(H,32,34,35). The lowest BCUT2D eigenvalue weighted by atomic mass is 10.0. The van der Waals surface area contributed by atoms with Gasteiger partial charge in [0.05, 0.1) is 22.9 Å². The second kappa shape index (κ2) is 8.55. The number of pyridine rings is 2. The van der Waals surface area contributed by atoms with Crippen LogP contribution in [0.1, 0.15) is 12.8 Å². The molecule has 0 aliphatic heterocycles. The number of nitrogens with one attached hydrogen (secondary N) is 3. The summed E-state index contributed by atoms with van der Waals surface area (Å²) < 4.78 is 28.6. The molecule has 1 fully saturated rings. The Morgan fingerprint density at radius 2 is 1.82 bits per heavy atom. The van der Waals surface area contributed by atoms with Gasteiger partial charge in [0.15, 0.2) is 11.5 Å². The number of hydrogen-bond donors (Lipinski definition) is 3. The van der Waals surface area contributed by atoms with Gasteiger partial charge >= 0.3 is 0 Å². The number of imidazole rings is 1. The normalized spacial score (nSPS) is 13.3. The van der Waals surface area contributed by atoms with E-state index in [1.54, 1.807) is 42.9 Å². The first-order valence-corrected chi connectivity index (χ1v) is 12.1. The second-order valence-electron chi connectivity index (χ2n) is 9.33. The molecule has 0 spiro atoms. The molecule has 0 saturated heterocycles. The van der Waals surface area contributed by atoms with Crippen molar-refractivity contribution in [2.45, 2.75) is 12.8 Å². The summed E-state index contributed by atoms with van der Waals surface area (Å²) >= 11 is 0. The zero-order chi connectivity index (χ0) is 25.8. The summed E-state index contributed by atoms with van der Waals surface area (Å²) in [5.41, 5.74) is 5.13. The molecule has 0 bridgehead atoms. The summed E-state index contributed by atoms with van der Waals surface area (Å²) in [5.74, 6) is -0.321. The summed E-state index contributed by atoms with van der Waals surface area (Å²) in [6.45, 7) is 0. The summed E-state index contributed by atoms with van der Waals surface area (Å²) in [6.07, 6.45) is 6.51. The predicted octanol–water partition coefficient (Wildman–Crippen LogP) is 5.86. The first kappa shape index (κ1) is 22.2. The summed E-state index contributed by atoms with van der Waals surface area (Å²) in [7, 11) is 0. The van der Waals surface area contributed by atoms with Gasteiger partial charge in [0.2, 0.25) is 5.91 Å². The van der Waals surface area contributed by atoms with Crippen LogP contribution in [0.4, 0.5) is 14.5 Å². The van der Waals surface area contributed by atoms with Gasteiger partial charge in [0.25, 0.3) is 0 Å². The van der Waals surface area contributed by atoms with Crippen LogP contribution in [0.25, 0.3) is 55.8 Å². The Morgan fingerprint density at radius 1 is 0.974 bits per heavy atom. The van der Waals surface area contributed by atoms with Gasteiger partial charge in [-0.15, -0.1) is 0 Å². The fourth-order valence-corrected chi connectivity index (χ4v) is 4.58. The highest BCUT2D eigenvalue weighted by Gasteiger charge is 2.29. The third kappa shape index (κ3) is 3.86. The number of hydrogen-bond acceptors (Lipinski definition) is 5. The number of fused-ring (bicyclic) bond motifs is 2. The molecule has 1 amide bonds. The number of aromatic amines is 2. The Bertz CT molecular complexity index is 1860. The van der Waals surface area contributed by atoms with Gasteiger partial charge in [0.1, 0.15) is 17.3 Å². The number of aromatic nitrogens is 6. The van der Waals surface area contributed by atoms with Crippen molar-refractivity contribution in [2.75, 3.05) is 5.32 Å². The van der Waals surface area contributed by atoms with Crippen LogP contribution < -0.4 is 5.32 Å². The van der Waals surface area contributed by atoms with Crippen LogP contribution in [0.3, 0.4) is 0 Å². The first-order chi connectivity index (χ1) is 18.5. The molecular formula is C28H19F2N7O. The molecule has 0 unspecified atom stereocenters. The number of carbonyl (C=O) groups is 1. The summed E-state index contributed by atoms with van der Waals surface area (Å²) in [5, 5.41) is 10.8. The van der Waals surface area contributed by atoms with Gasteiger partial charge in [-0.1, -0.05) is 12.1 Å². The van der Waals surface area contributed by atoms with Crippen LogP contribution in [0.15, 0.2) is 67.1 Å². The third-order valence-electron chi connectivity index (χ3n) is 6.69. The molecule has 1 saturated carbocycles. The Morgan fingerprint density at radius 3 is 2.63 bits per heavy atom. The molecule has 8 nitrogen and oxygen atoms in total. The number of halogens is 2. The highest BCUT2D eigenvalue weighted by Crippen LogP contribution is 2.35. The maximum absolute atomic E-state index is 15.2. The van der Waals surface area contributed by atoms with Gasteiger partial charge in [-0.25, -0.2) is 18.7 Å². The van der Waals surface area contributed by atoms with Gasteiger partial charge < -0.3 is 10.3 Å². The lowest BCUT2D eigenvalue weighted by molar-refractivity contribution is -0.117. The van der Waals surface area contributed by atoms with E-state index in [1.807, 2.05) is 6.07 Å². The highest BCUT2D eigenvalue weighted by atomic mass is 19.1. The zero-order valence-corrected chi connectivity index (χ0v) is 19.8. The molecule has 3 N–H and O–H groups in total. The van der Waals surface area contributed by atoms with Crippen LogP contribution in [0.5, 0.6) is 0 Å². The molecule has 4 heterocycles. The van der Waals surface area contributed by atoms with E-state index in [4.69, 9.17) is 0 Å². The van der Waals surface area contributed by atoms with E-state index in [0.29, 0.717) is 50.4 Å². The summed E-state index contributed by atoms with van der Waals surface area (Å²) in [6, 6.07) is 12.8. The molecule has 10 heteroatoms. The smallest absolute Gasteiger partial charge is 0.227 e. The number of amides is 1. The number of nitrogens with zero attached hydrogens (tertiary/aromatic N) is 4. The van der Waals surface area contributed by atoms with Crippen molar-refractivity contribution >= 4 is 33.7 Å². The predicted molar refractivity (Wildman–Crippen MR) is 139 cm³/mol. The highest BCUT2D eigenvalue weighted by molar-refractivity contribution is 5.98. The van der Waals surface area contributed by atoms with E-state index < -0.39 is 5.82 Å². The second-order valence-corrected chi connectivity index (χ2v) is 9.33. The van der Waals surface area contributed by atoms with E-state index >= 15 is 4.39 Å². The van der Waals surface area contributed by atoms with Crippen molar-refractivity contribution < 1.29 is 13.6 Å². The molecule has 186 valence electrons. The minimum absolute atomic E-state index is 0.0436. The molecule has 38 heavy (non-hydrogen) atoms. The number of anilines is 1. The topological polar surface area (TPSA) is 112 Å². The van der Waals surface area contributed by atoms with E-state index in [-0.39, 0.29) is 17.6 Å². The van der Waals surface area contributed by atoms with Crippen LogP contribution in [-0.4, -0.2) is 36.0 Å². The Labute approximate surface area is 214 Å². The molecule has 4 aromatic heterocycles. The van der Waals surface area contributed by atoms with Gasteiger partial charge in [-0.2, -0.15) is 5.10 Å². The van der Waals surface area contributed by atoms with Crippen LogP contribution >= 0.6 is 0 Å². The quantitative estimate of drug-likeness (QED) is 0.271. The SMILES string of the molecule is O=C(Nc1cncc(-c2cc3c(-c4nc5nccc(-c6ccc(F)cc6)c5[nH]4)n[nH]c3cc2F)c1)C1CC1. The van der Waals surface area contributed by atoms with Crippen LogP contribution in [0.2, 0.25) is 0 Å². The van der Waals surface area contributed by atoms with Crippen molar-refractivity contribution in [2.24, 2.45) is 5.92 Å². The molecular weight excluding hydrogens is 488 g/mol. The number of H-pyrrole nitrogens is 2. The van der Waals surface area contributed by atoms with E-state index in [2.05, 4.69) is 35.5 Å². The first-order valence-electron chi connectivity index (χ1n) is 12.1. The number of benzene rings is 2. The van der Waals surface area contributed by atoms with Crippen molar-refractivity contribution in [1.29, 1.82) is 0 Å². The average Bonchev–Trinajstić information content (AvgIpc) is 3.56. The van der Waals surface area contributed by atoms with E-state index in [1.165, 1.54) is 18.2 Å². The average molecular weight is 508 g/mol. The molecule has 1 aliphatic carbocycles. The molecule has 1 aliphatic rings. The fourth-order valence-electron chi connectivity index (χ4n) is 4.58. The largest absolute Gasteiger partial charge is 0.335 e. The Kier molecular flexibility index (Phi) is 5.00. The lowest BCUT2D eigenvalue weighted by Crippen LogP contribution is -2.13.